The molecule has 10 heteroatoms. The van der Waals surface area contributed by atoms with Crippen molar-refractivity contribution in [2.24, 2.45) is 5.92 Å². The maximum absolute atomic E-state index is 13.0. The summed E-state index contributed by atoms with van der Waals surface area (Å²) >= 11 is 1.61. The van der Waals surface area contributed by atoms with Crippen molar-refractivity contribution < 1.29 is 13.9 Å². The Morgan fingerprint density at radius 3 is 2.72 bits per heavy atom. The van der Waals surface area contributed by atoms with E-state index >= 15 is 0 Å². The monoisotopic (exact) mass is 454 g/mol. The molecule has 3 aliphatic rings. The highest BCUT2D eigenvalue weighted by Gasteiger charge is 2.30. The quantitative estimate of drug-likeness (QED) is 0.626. The Morgan fingerprint density at radius 1 is 1.12 bits per heavy atom. The Bertz CT molecular complexity index is 1150. The fraction of sp³-hybridized carbons (Fsp3) is 0.545. The number of rotatable bonds is 5. The number of hydrogen-bond donors (Lipinski definition) is 1. The van der Waals surface area contributed by atoms with E-state index in [0.717, 1.165) is 72.3 Å². The minimum atomic E-state index is -0.270. The van der Waals surface area contributed by atoms with E-state index in [-0.39, 0.29) is 5.91 Å². The van der Waals surface area contributed by atoms with E-state index in [4.69, 9.17) is 19.1 Å². The fourth-order valence-electron chi connectivity index (χ4n) is 4.33. The van der Waals surface area contributed by atoms with Crippen molar-refractivity contribution in [1.82, 2.24) is 15.0 Å². The molecule has 168 valence electrons. The molecule has 0 unspecified atom stereocenters. The van der Waals surface area contributed by atoms with Crippen LogP contribution in [0, 0.1) is 5.92 Å². The first kappa shape index (κ1) is 19.9. The second-order valence-electron chi connectivity index (χ2n) is 8.92. The van der Waals surface area contributed by atoms with Crippen molar-refractivity contribution in [3.8, 4) is 0 Å². The molecule has 3 fully saturated rings. The molecule has 0 bridgehead atoms. The smallest absolute Gasteiger partial charge is 0.297 e. The molecule has 1 amide bonds. The summed E-state index contributed by atoms with van der Waals surface area (Å²) in [7, 11) is 0. The minimum Gasteiger partial charge on any atom is -0.431 e. The summed E-state index contributed by atoms with van der Waals surface area (Å²) in [5, 5.41) is 4.00. The largest absolute Gasteiger partial charge is 0.431 e. The highest BCUT2D eigenvalue weighted by molar-refractivity contribution is 7.22. The number of nitrogens with one attached hydrogen (secondary N) is 1. The van der Waals surface area contributed by atoms with Gasteiger partial charge in [0.2, 0.25) is 0 Å². The molecule has 1 atom stereocenters. The molecule has 1 N–H and O–H groups in total. The predicted molar refractivity (Wildman–Crippen MR) is 123 cm³/mol. The van der Waals surface area contributed by atoms with Crippen LogP contribution in [0.5, 0.6) is 0 Å². The van der Waals surface area contributed by atoms with Gasteiger partial charge in [0.25, 0.3) is 11.9 Å². The number of hydrogen-bond acceptors (Lipinski definition) is 9. The van der Waals surface area contributed by atoms with Crippen molar-refractivity contribution in [3.05, 3.63) is 23.7 Å². The van der Waals surface area contributed by atoms with Crippen LogP contribution in [0.25, 0.3) is 10.3 Å². The van der Waals surface area contributed by atoms with Gasteiger partial charge in [-0.15, -0.1) is 0 Å². The molecule has 3 aromatic heterocycles. The molecule has 9 nitrogen and oxygen atoms in total. The van der Waals surface area contributed by atoms with Crippen molar-refractivity contribution in [1.29, 1.82) is 0 Å². The van der Waals surface area contributed by atoms with Gasteiger partial charge in [-0.2, -0.15) is 9.97 Å². The zero-order chi connectivity index (χ0) is 21.7. The first-order chi connectivity index (χ1) is 15.6. The zero-order valence-corrected chi connectivity index (χ0v) is 18.9. The Balaban J connectivity index is 1.25. The highest BCUT2D eigenvalue weighted by atomic mass is 32.1. The van der Waals surface area contributed by atoms with Crippen molar-refractivity contribution in [2.75, 3.05) is 54.5 Å². The summed E-state index contributed by atoms with van der Waals surface area (Å²) in [6.45, 7) is 7.13. The third-order valence-corrected chi connectivity index (χ3v) is 7.37. The SMILES string of the molecule is C[C@H]1CCN(c2nc(C(=O)Nc3cc4sc(N5CCOCC5)nc4nc3C3CC3)co2)C1. The number of carbonyl (C=O) groups excluding carboxylic acids is 1. The molecule has 6 rings (SSSR count). The van der Waals surface area contributed by atoms with E-state index in [1.807, 2.05) is 6.07 Å². The van der Waals surface area contributed by atoms with E-state index in [9.17, 15) is 4.79 Å². The van der Waals surface area contributed by atoms with E-state index in [2.05, 4.69) is 27.0 Å². The van der Waals surface area contributed by atoms with Gasteiger partial charge in [0.05, 0.1) is 29.3 Å². The van der Waals surface area contributed by atoms with Gasteiger partial charge in [0.1, 0.15) is 6.26 Å². The van der Waals surface area contributed by atoms with Crippen molar-refractivity contribution >= 4 is 44.4 Å². The Labute approximate surface area is 189 Å². The van der Waals surface area contributed by atoms with Crippen LogP contribution in [0.3, 0.4) is 0 Å². The molecular weight excluding hydrogens is 428 g/mol. The summed E-state index contributed by atoms with van der Waals surface area (Å²) in [5.74, 6) is 0.718. The number of oxazole rings is 1. The second-order valence-corrected chi connectivity index (χ2v) is 9.93. The van der Waals surface area contributed by atoms with Gasteiger partial charge in [-0.3, -0.25) is 4.79 Å². The van der Waals surface area contributed by atoms with E-state index < -0.39 is 0 Å². The van der Waals surface area contributed by atoms with Crippen LogP contribution in [0.2, 0.25) is 0 Å². The van der Waals surface area contributed by atoms with Gasteiger partial charge in [0.15, 0.2) is 16.5 Å². The lowest BCUT2D eigenvalue weighted by Gasteiger charge is -2.25. The number of aromatic nitrogens is 3. The van der Waals surface area contributed by atoms with E-state index in [1.54, 1.807) is 11.3 Å². The maximum atomic E-state index is 13.0. The average molecular weight is 455 g/mol. The van der Waals surface area contributed by atoms with Crippen LogP contribution in [0.1, 0.15) is 48.3 Å². The predicted octanol–water partition coefficient (Wildman–Crippen LogP) is 3.49. The molecule has 32 heavy (non-hydrogen) atoms. The maximum Gasteiger partial charge on any atom is 0.297 e. The normalized spacial score (nSPS) is 21.5. The molecule has 2 aliphatic heterocycles. The molecule has 5 heterocycles. The lowest BCUT2D eigenvalue weighted by molar-refractivity contribution is 0.102. The number of morpholine rings is 1. The molecule has 0 radical (unpaired) electrons. The van der Waals surface area contributed by atoms with Gasteiger partial charge in [0, 0.05) is 32.1 Å². The molecule has 0 aromatic carbocycles. The first-order valence-electron chi connectivity index (χ1n) is 11.3. The minimum absolute atomic E-state index is 0.270. The number of nitrogens with zero attached hydrogens (tertiary/aromatic N) is 5. The summed E-state index contributed by atoms with van der Waals surface area (Å²) < 4.78 is 12.0. The number of pyridine rings is 1. The Hall–Kier alpha value is -2.72. The molecular formula is C22H26N6O3S. The third-order valence-electron chi connectivity index (χ3n) is 6.31. The van der Waals surface area contributed by atoms with Gasteiger partial charge in [-0.25, -0.2) is 4.98 Å². The molecule has 2 saturated heterocycles. The standard InChI is InChI=1S/C22H26N6O3S/c1-13-4-5-28(11-13)21-24-16(12-31-21)20(29)23-15-10-17-19(25-18(15)14-2-3-14)26-22(32-17)27-6-8-30-9-7-27/h10,12-14H,2-9,11H2,1H3,(H,23,29)/t13-/m0/s1. The number of ether oxygens (including phenoxy) is 1. The van der Waals surface area contributed by atoms with E-state index in [0.29, 0.717) is 36.8 Å². The Morgan fingerprint density at radius 2 is 1.97 bits per heavy atom. The van der Waals surface area contributed by atoms with Gasteiger partial charge in [-0.1, -0.05) is 18.3 Å². The zero-order valence-electron chi connectivity index (χ0n) is 18.0. The van der Waals surface area contributed by atoms with Gasteiger partial charge < -0.3 is 24.3 Å². The third kappa shape index (κ3) is 3.81. The number of thiazole rings is 1. The van der Waals surface area contributed by atoms with Crippen LogP contribution >= 0.6 is 11.3 Å². The van der Waals surface area contributed by atoms with Crippen LogP contribution in [-0.4, -0.2) is 60.3 Å². The van der Waals surface area contributed by atoms with Gasteiger partial charge >= 0.3 is 0 Å². The highest BCUT2D eigenvalue weighted by Crippen LogP contribution is 2.44. The molecule has 3 aromatic rings. The van der Waals surface area contributed by atoms with Crippen molar-refractivity contribution in [3.63, 3.8) is 0 Å². The van der Waals surface area contributed by atoms with Crippen LogP contribution in [0.4, 0.5) is 16.8 Å². The molecule has 1 aliphatic carbocycles. The number of anilines is 3. The summed E-state index contributed by atoms with van der Waals surface area (Å²) in [6, 6.07) is 2.53. The summed E-state index contributed by atoms with van der Waals surface area (Å²) in [4.78, 5) is 31.4. The number of carbonyl (C=O) groups is 1. The second kappa shape index (κ2) is 8.00. The van der Waals surface area contributed by atoms with Crippen LogP contribution in [-0.2, 0) is 4.74 Å². The first-order valence-corrected chi connectivity index (χ1v) is 12.1. The topological polar surface area (TPSA) is 96.6 Å². The van der Waals surface area contributed by atoms with Crippen molar-refractivity contribution in [2.45, 2.75) is 32.1 Å². The van der Waals surface area contributed by atoms with E-state index in [1.165, 1.54) is 6.26 Å². The summed E-state index contributed by atoms with van der Waals surface area (Å²) in [5.41, 5.74) is 2.71. The fourth-order valence-corrected chi connectivity index (χ4v) is 5.33. The number of fused-ring (bicyclic) bond motifs is 1. The lowest BCUT2D eigenvalue weighted by Crippen LogP contribution is -2.36. The lowest BCUT2D eigenvalue weighted by atomic mass is 10.2. The van der Waals surface area contributed by atoms with Crippen LogP contribution in [0.15, 0.2) is 16.7 Å². The number of amides is 1. The van der Waals surface area contributed by atoms with Crippen LogP contribution < -0.4 is 15.1 Å². The molecule has 1 saturated carbocycles. The van der Waals surface area contributed by atoms with Gasteiger partial charge in [-0.05, 0) is 31.2 Å². The molecule has 0 spiro atoms. The Kier molecular flexibility index (Phi) is 4.98. The average Bonchev–Trinajstić information content (AvgIpc) is 3.19. The summed E-state index contributed by atoms with van der Waals surface area (Å²) in [6.07, 6.45) is 4.73.